The Hall–Kier alpha value is -2.58. The summed E-state index contributed by atoms with van der Waals surface area (Å²) in [6.45, 7) is 1.70. The molecule has 1 aromatic heterocycles. The Labute approximate surface area is 149 Å². The van der Waals surface area contributed by atoms with Gasteiger partial charge < -0.3 is 21.5 Å². The molecule has 0 spiro atoms. The molecular formula is C17H20N4O3S. The molecule has 1 unspecified atom stereocenters. The van der Waals surface area contributed by atoms with E-state index in [0.717, 1.165) is 36.4 Å². The Morgan fingerprint density at radius 2 is 2.04 bits per heavy atom. The molecule has 1 saturated heterocycles. The van der Waals surface area contributed by atoms with Crippen molar-refractivity contribution >= 4 is 28.3 Å². The predicted molar refractivity (Wildman–Crippen MR) is 98.0 cm³/mol. The number of aromatic hydroxyl groups is 1. The van der Waals surface area contributed by atoms with Gasteiger partial charge in [-0.3, -0.25) is 10.1 Å². The van der Waals surface area contributed by atoms with Crippen LogP contribution >= 0.6 is 11.3 Å². The molecule has 7 nitrogen and oxygen atoms in total. The summed E-state index contributed by atoms with van der Waals surface area (Å²) in [5, 5.41) is 18.6. The summed E-state index contributed by atoms with van der Waals surface area (Å²) in [4.78, 5) is 24.7. The third-order valence-corrected chi connectivity index (χ3v) is 5.10. The first-order valence-electron chi connectivity index (χ1n) is 8.04. The third-order valence-electron chi connectivity index (χ3n) is 4.00. The lowest BCUT2D eigenvalue weighted by molar-refractivity contribution is 0.0932. The summed E-state index contributed by atoms with van der Waals surface area (Å²) < 4.78 is 0. The molecule has 25 heavy (non-hydrogen) atoms. The number of amides is 3. The monoisotopic (exact) mass is 360 g/mol. The quantitative estimate of drug-likeness (QED) is 0.574. The van der Waals surface area contributed by atoms with Crippen LogP contribution in [0.5, 0.6) is 5.75 Å². The van der Waals surface area contributed by atoms with Crippen molar-refractivity contribution in [2.75, 3.05) is 18.4 Å². The molecule has 3 rings (SSSR count). The molecule has 8 heteroatoms. The second-order valence-electron chi connectivity index (χ2n) is 5.91. The minimum atomic E-state index is -0.715. The number of rotatable bonds is 4. The second-order valence-corrected chi connectivity index (χ2v) is 6.96. The largest absolute Gasteiger partial charge is 0.508 e. The summed E-state index contributed by atoms with van der Waals surface area (Å²) in [5.74, 6) is -0.0720. The van der Waals surface area contributed by atoms with Gasteiger partial charge in [0.1, 0.15) is 10.8 Å². The van der Waals surface area contributed by atoms with Crippen molar-refractivity contribution in [2.24, 2.45) is 5.73 Å². The average Bonchev–Trinajstić information content (AvgIpc) is 2.99. The summed E-state index contributed by atoms with van der Waals surface area (Å²) in [5.41, 5.74) is 6.46. The number of urea groups is 1. The minimum absolute atomic E-state index is 0.0692. The summed E-state index contributed by atoms with van der Waals surface area (Å²) >= 11 is 1.27. The predicted octanol–water partition coefficient (Wildman–Crippen LogP) is 2.09. The number of benzene rings is 1. The molecule has 1 aliphatic rings. The highest BCUT2D eigenvalue weighted by Crippen LogP contribution is 2.36. The van der Waals surface area contributed by atoms with Crippen molar-refractivity contribution in [2.45, 2.75) is 18.9 Å². The van der Waals surface area contributed by atoms with E-state index in [1.165, 1.54) is 11.3 Å². The number of thiophene rings is 1. The number of carbonyl (C=O) groups excluding carboxylic acids is 2. The lowest BCUT2D eigenvalue weighted by atomic mass is 10.1. The van der Waals surface area contributed by atoms with Crippen molar-refractivity contribution in [1.29, 1.82) is 0 Å². The van der Waals surface area contributed by atoms with Gasteiger partial charge in [-0.05, 0) is 55.3 Å². The zero-order chi connectivity index (χ0) is 17.8. The van der Waals surface area contributed by atoms with E-state index in [1.807, 2.05) is 0 Å². The Morgan fingerprint density at radius 3 is 2.68 bits per heavy atom. The van der Waals surface area contributed by atoms with E-state index in [1.54, 1.807) is 30.3 Å². The van der Waals surface area contributed by atoms with Crippen molar-refractivity contribution in [3.05, 3.63) is 35.9 Å². The topological polar surface area (TPSA) is 116 Å². The van der Waals surface area contributed by atoms with Gasteiger partial charge in [0.05, 0.1) is 5.56 Å². The number of carbonyl (C=O) groups is 2. The zero-order valence-electron chi connectivity index (χ0n) is 13.5. The smallest absolute Gasteiger partial charge is 0.317 e. The number of hydrogen-bond donors (Lipinski definition) is 5. The minimum Gasteiger partial charge on any atom is -0.508 e. The Kier molecular flexibility index (Phi) is 5.20. The van der Waals surface area contributed by atoms with Gasteiger partial charge in [0.15, 0.2) is 0 Å². The van der Waals surface area contributed by atoms with Gasteiger partial charge in [0, 0.05) is 17.5 Å². The fourth-order valence-electron chi connectivity index (χ4n) is 2.77. The van der Waals surface area contributed by atoms with E-state index >= 15 is 0 Å². The lowest BCUT2D eigenvalue weighted by Crippen LogP contribution is -2.45. The van der Waals surface area contributed by atoms with Crippen LogP contribution < -0.4 is 21.7 Å². The number of hydrogen-bond acceptors (Lipinski definition) is 5. The average molecular weight is 360 g/mol. The fraction of sp³-hybridized carbons (Fsp3) is 0.294. The Morgan fingerprint density at radius 1 is 1.28 bits per heavy atom. The summed E-state index contributed by atoms with van der Waals surface area (Å²) in [7, 11) is 0. The number of piperidine rings is 1. The van der Waals surface area contributed by atoms with Crippen LogP contribution in [-0.2, 0) is 0 Å². The van der Waals surface area contributed by atoms with E-state index in [4.69, 9.17) is 5.73 Å². The number of primary amides is 1. The van der Waals surface area contributed by atoms with E-state index in [9.17, 15) is 14.7 Å². The van der Waals surface area contributed by atoms with Gasteiger partial charge in [-0.2, -0.15) is 0 Å². The van der Waals surface area contributed by atoms with Gasteiger partial charge >= 0.3 is 6.03 Å². The van der Waals surface area contributed by atoms with Crippen LogP contribution in [0.15, 0.2) is 30.3 Å². The van der Waals surface area contributed by atoms with Crippen LogP contribution in [-0.4, -0.2) is 36.2 Å². The highest BCUT2D eigenvalue weighted by molar-refractivity contribution is 7.20. The van der Waals surface area contributed by atoms with Crippen LogP contribution in [0.3, 0.4) is 0 Å². The molecular weight excluding hydrogens is 340 g/mol. The molecule has 2 heterocycles. The molecule has 0 bridgehead atoms. The summed E-state index contributed by atoms with van der Waals surface area (Å²) in [6.07, 6.45) is 1.94. The molecule has 1 aliphatic heterocycles. The normalized spacial score (nSPS) is 17.0. The molecule has 3 amide bonds. The number of nitrogens with two attached hydrogens (primary N) is 1. The Balaban J connectivity index is 1.86. The van der Waals surface area contributed by atoms with Gasteiger partial charge in [-0.1, -0.05) is 0 Å². The lowest BCUT2D eigenvalue weighted by Gasteiger charge is -2.23. The van der Waals surface area contributed by atoms with Crippen molar-refractivity contribution < 1.29 is 14.7 Å². The molecule has 1 aromatic carbocycles. The highest BCUT2D eigenvalue weighted by Gasteiger charge is 2.21. The SMILES string of the molecule is NC(=O)Nc1sc(-c2ccc(O)cc2)cc1C(=O)NC1CCCNC1. The molecule has 0 radical (unpaired) electrons. The fourth-order valence-corrected chi connectivity index (χ4v) is 3.83. The molecule has 2 aromatic rings. The van der Waals surface area contributed by atoms with E-state index in [-0.39, 0.29) is 17.7 Å². The second kappa shape index (κ2) is 7.54. The van der Waals surface area contributed by atoms with Gasteiger partial charge in [0.25, 0.3) is 5.91 Å². The van der Waals surface area contributed by atoms with Crippen LogP contribution in [0.25, 0.3) is 10.4 Å². The van der Waals surface area contributed by atoms with Crippen LogP contribution in [0.4, 0.5) is 9.80 Å². The van der Waals surface area contributed by atoms with Gasteiger partial charge in [0.2, 0.25) is 0 Å². The molecule has 1 fully saturated rings. The first kappa shape index (κ1) is 17.2. The first-order chi connectivity index (χ1) is 12.0. The van der Waals surface area contributed by atoms with Crippen LogP contribution in [0, 0.1) is 0 Å². The maximum Gasteiger partial charge on any atom is 0.317 e. The number of nitrogens with one attached hydrogen (secondary N) is 3. The van der Waals surface area contributed by atoms with Crippen molar-refractivity contribution in [1.82, 2.24) is 10.6 Å². The Bertz CT molecular complexity index is 767. The number of phenols is 1. The molecule has 0 saturated carbocycles. The molecule has 132 valence electrons. The third kappa shape index (κ3) is 4.28. The standard InChI is InChI=1S/C17H20N4O3S/c18-17(24)21-16-13(15(23)20-11-2-1-7-19-9-11)8-14(25-16)10-3-5-12(22)6-4-10/h3-6,8,11,19,22H,1-2,7,9H2,(H,20,23)(H3,18,21,24). The van der Waals surface area contributed by atoms with Gasteiger partial charge in [-0.25, -0.2) is 4.79 Å². The summed E-state index contributed by atoms with van der Waals surface area (Å²) in [6, 6.07) is 7.73. The van der Waals surface area contributed by atoms with Crippen molar-refractivity contribution in [3.63, 3.8) is 0 Å². The van der Waals surface area contributed by atoms with Crippen LogP contribution in [0.2, 0.25) is 0 Å². The van der Waals surface area contributed by atoms with E-state index < -0.39 is 6.03 Å². The number of anilines is 1. The molecule has 0 aliphatic carbocycles. The van der Waals surface area contributed by atoms with E-state index in [2.05, 4.69) is 16.0 Å². The van der Waals surface area contributed by atoms with Gasteiger partial charge in [-0.15, -0.1) is 11.3 Å². The van der Waals surface area contributed by atoms with E-state index in [0.29, 0.717) is 10.6 Å². The maximum absolute atomic E-state index is 12.6. The molecule has 6 N–H and O–H groups in total. The van der Waals surface area contributed by atoms with Crippen molar-refractivity contribution in [3.8, 4) is 16.2 Å². The van der Waals surface area contributed by atoms with Crippen LogP contribution in [0.1, 0.15) is 23.2 Å². The zero-order valence-corrected chi connectivity index (χ0v) is 14.4. The highest BCUT2D eigenvalue weighted by atomic mass is 32.1. The first-order valence-corrected chi connectivity index (χ1v) is 8.86. The molecule has 1 atom stereocenters. The maximum atomic E-state index is 12.6. The number of phenolic OH excluding ortho intramolecular Hbond substituents is 1.